The number of hydrogen-bond acceptors (Lipinski definition) is 3. The summed E-state index contributed by atoms with van der Waals surface area (Å²) >= 11 is 0. The summed E-state index contributed by atoms with van der Waals surface area (Å²) in [6.07, 6.45) is 5.39. The Balaban J connectivity index is 2.85. The average molecular weight is 166 g/mol. The van der Waals surface area contributed by atoms with Crippen LogP contribution in [0.4, 0.5) is 0 Å². The largest absolute Gasteiger partial charge is 0.500 e. The van der Waals surface area contributed by atoms with E-state index < -0.39 is 0 Å². The van der Waals surface area contributed by atoms with Crippen molar-refractivity contribution >= 4 is 12.6 Å². The highest BCUT2D eigenvalue weighted by atomic mass is 16.5. The molecule has 1 rings (SSSR count). The van der Waals surface area contributed by atoms with Crippen molar-refractivity contribution in [2.75, 3.05) is 7.11 Å². The molecular weight excluding hydrogens is 156 g/mol. The van der Waals surface area contributed by atoms with E-state index in [1.165, 1.54) is 7.11 Å². The van der Waals surface area contributed by atoms with E-state index in [0.29, 0.717) is 17.8 Å². The monoisotopic (exact) mass is 166 g/mol. The molecule has 0 bridgehead atoms. The highest BCUT2D eigenvalue weighted by molar-refractivity contribution is 5.79. The molecule has 0 spiro atoms. The first-order chi connectivity index (χ1) is 5.81. The number of aldehydes is 2. The lowest BCUT2D eigenvalue weighted by Gasteiger charge is -2.14. The van der Waals surface area contributed by atoms with Crippen LogP contribution in [0.15, 0.2) is 23.5 Å². The lowest BCUT2D eigenvalue weighted by Crippen LogP contribution is -2.08. The van der Waals surface area contributed by atoms with Crippen molar-refractivity contribution < 1.29 is 14.3 Å². The molecule has 1 unspecified atom stereocenters. The molecule has 3 heteroatoms. The van der Waals surface area contributed by atoms with Gasteiger partial charge in [-0.2, -0.15) is 0 Å². The molecule has 0 amide bonds. The number of ether oxygens (including phenoxy) is 1. The molecule has 12 heavy (non-hydrogen) atoms. The Labute approximate surface area is 70.7 Å². The topological polar surface area (TPSA) is 43.4 Å². The lowest BCUT2D eigenvalue weighted by atomic mass is 9.97. The van der Waals surface area contributed by atoms with E-state index in [9.17, 15) is 9.59 Å². The summed E-state index contributed by atoms with van der Waals surface area (Å²) in [6.45, 7) is 0. The van der Waals surface area contributed by atoms with Crippen LogP contribution in [0.3, 0.4) is 0 Å². The van der Waals surface area contributed by atoms with Crippen molar-refractivity contribution in [1.82, 2.24) is 0 Å². The molecule has 0 fully saturated rings. The Kier molecular flexibility index (Phi) is 2.80. The van der Waals surface area contributed by atoms with Crippen LogP contribution in [0.1, 0.15) is 6.42 Å². The van der Waals surface area contributed by atoms with E-state index in [1.807, 2.05) is 0 Å². The second-order valence-corrected chi connectivity index (χ2v) is 2.56. The van der Waals surface area contributed by atoms with E-state index >= 15 is 0 Å². The summed E-state index contributed by atoms with van der Waals surface area (Å²) in [7, 11) is 1.50. The highest BCUT2D eigenvalue weighted by Gasteiger charge is 2.15. The maximum atomic E-state index is 10.4. The minimum Gasteiger partial charge on any atom is -0.500 e. The standard InChI is InChI=1S/C9H10O3/c1-12-9-4-7(5-10)2-3-8(9)6-11/h2-3,5-7H,4H2,1H3. The van der Waals surface area contributed by atoms with Gasteiger partial charge in [0.1, 0.15) is 12.0 Å². The molecule has 0 heterocycles. The van der Waals surface area contributed by atoms with E-state index in [2.05, 4.69) is 0 Å². The predicted octanol–water partition coefficient (Wildman–Crippen LogP) is 0.861. The number of hydrogen-bond donors (Lipinski definition) is 0. The number of carbonyl (C=O) groups is 2. The summed E-state index contributed by atoms with van der Waals surface area (Å²) in [5.41, 5.74) is 0.524. The Bertz CT molecular complexity index is 250. The molecular formula is C9H10O3. The molecule has 0 aromatic heterocycles. The maximum absolute atomic E-state index is 10.4. The quantitative estimate of drug-likeness (QED) is 0.584. The fourth-order valence-corrected chi connectivity index (χ4v) is 1.12. The number of carbonyl (C=O) groups excluding carboxylic acids is 2. The van der Waals surface area contributed by atoms with Crippen LogP contribution in [0.2, 0.25) is 0 Å². The van der Waals surface area contributed by atoms with Crippen molar-refractivity contribution in [1.29, 1.82) is 0 Å². The molecule has 3 nitrogen and oxygen atoms in total. The van der Waals surface area contributed by atoms with Gasteiger partial charge < -0.3 is 9.53 Å². The second-order valence-electron chi connectivity index (χ2n) is 2.56. The van der Waals surface area contributed by atoms with Gasteiger partial charge in [0.15, 0.2) is 6.29 Å². The smallest absolute Gasteiger partial charge is 0.153 e. The van der Waals surface area contributed by atoms with Crippen LogP contribution in [0.5, 0.6) is 0 Å². The van der Waals surface area contributed by atoms with E-state index in [4.69, 9.17) is 4.74 Å². The van der Waals surface area contributed by atoms with Gasteiger partial charge in [-0.3, -0.25) is 4.79 Å². The Morgan fingerprint density at radius 3 is 2.83 bits per heavy atom. The third-order valence-corrected chi connectivity index (χ3v) is 1.81. The lowest BCUT2D eigenvalue weighted by molar-refractivity contribution is -0.110. The molecule has 64 valence electrons. The minimum atomic E-state index is -0.149. The molecule has 0 aromatic carbocycles. The molecule has 0 saturated heterocycles. The highest BCUT2D eigenvalue weighted by Crippen LogP contribution is 2.21. The first-order valence-electron chi connectivity index (χ1n) is 3.67. The normalized spacial score (nSPS) is 22.2. The molecule has 0 saturated carbocycles. The zero-order valence-electron chi connectivity index (χ0n) is 6.82. The molecule has 1 atom stereocenters. The SMILES string of the molecule is COC1=C(C=O)C=CC(C=O)C1. The van der Waals surface area contributed by atoms with Crippen LogP contribution >= 0.6 is 0 Å². The maximum Gasteiger partial charge on any atom is 0.153 e. The number of allylic oxidation sites excluding steroid dienone is 4. The Hall–Kier alpha value is -1.38. The van der Waals surface area contributed by atoms with E-state index in [1.54, 1.807) is 12.2 Å². The van der Waals surface area contributed by atoms with Gasteiger partial charge in [0.05, 0.1) is 12.7 Å². The number of rotatable bonds is 3. The third kappa shape index (κ3) is 1.61. The summed E-state index contributed by atoms with van der Waals surface area (Å²) in [6, 6.07) is 0. The third-order valence-electron chi connectivity index (χ3n) is 1.81. The summed E-state index contributed by atoms with van der Waals surface area (Å²) in [5, 5.41) is 0. The van der Waals surface area contributed by atoms with Crippen molar-refractivity contribution in [2.24, 2.45) is 5.92 Å². The van der Waals surface area contributed by atoms with Gasteiger partial charge in [-0.1, -0.05) is 12.2 Å². The van der Waals surface area contributed by atoms with Crippen LogP contribution in [-0.2, 0) is 14.3 Å². The summed E-state index contributed by atoms with van der Waals surface area (Å²) in [5.74, 6) is 0.438. The van der Waals surface area contributed by atoms with Gasteiger partial charge in [0.25, 0.3) is 0 Å². The second kappa shape index (κ2) is 3.85. The number of methoxy groups -OCH3 is 1. The minimum absolute atomic E-state index is 0.149. The molecule has 1 aliphatic carbocycles. The van der Waals surface area contributed by atoms with Gasteiger partial charge in [-0.05, 0) is 0 Å². The molecule has 0 radical (unpaired) electrons. The van der Waals surface area contributed by atoms with Crippen molar-refractivity contribution in [3.63, 3.8) is 0 Å². The van der Waals surface area contributed by atoms with Gasteiger partial charge >= 0.3 is 0 Å². The predicted molar refractivity (Wildman–Crippen MR) is 43.4 cm³/mol. The molecule has 0 N–H and O–H groups in total. The zero-order valence-corrected chi connectivity index (χ0v) is 6.82. The average Bonchev–Trinajstić information content (AvgIpc) is 2.16. The van der Waals surface area contributed by atoms with Gasteiger partial charge in [0.2, 0.25) is 0 Å². The zero-order chi connectivity index (χ0) is 8.97. The Morgan fingerprint density at radius 1 is 1.58 bits per heavy atom. The van der Waals surface area contributed by atoms with E-state index in [0.717, 1.165) is 12.6 Å². The van der Waals surface area contributed by atoms with Crippen molar-refractivity contribution in [3.05, 3.63) is 23.5 Å². The van der Waals surface area contributed by atoms with Gasteiger partial charge in [-0.15, -0.1) is 0 Å². The van der Waals surface area contributed by atoms with E-state index in [-0.39, 0.29) is 5.92 Å². The molecule has 0 aliphatic heterocycles. The first-order valence-corrected chi connectivity index (χ1v) is 3.67. The Morgan fingerprint density at radius 2 is 2.33 bits per heavy atom. The molecule has 0 aromatic rings. The summed E-state index contributed by atoms with van der Waals surface area (Å²) in [4.78, 5) is 20.8. The fraction of sp³-hybridized carbons (Fsp3) is 0.333. The van der Waals surface area contributed by atoms with Crippen LogP contribution in [0, 0.1) is 5.92 Å². The molecule has 1 aliphatic rings. The van der Waals surface area contributed by atoms with Crippen LogP contribution in [-0.4, -0.2) is 19.7 Å². The van der Waals surface area contributed by atoms with Crippen LogP contribution in [0.25, 0.3) is 0 Å². The van der Waals surface area contributed by atoms with Crippen molar-refractivity contribution in [2.45, 2.75) is 6.42 Å². The van der Waals surface area contributed by atoms with Crippen molar-refractivity contribution in [3.8, 4) is 0 Å². The first kappa shape index (κ1) is 8.71. The van der Waals surface area contributed by atoms with Crippen LogP contribution < -0.4 is 0 Å². The van der Waals surface area contributed by atoms with Gasteiger partial charge in [-0.25, -0.2) is 0 Å². The summed E-state index contributed by atoms with van der Waals surface area (Å²) < 4.78 is 4.96. The van der Waals surface area contributed by atoms with Gasteiger partial charge in [0, 0.05) is 12.3 Å². The fourth-order valence-electron chi connectivity index (χ4n) is 1.12.